The van der Waals surface area contributed by atoms with Crippen LogP contribution in [0.25, 0.3) is 0 Å². The van der Waals surface area contributed by atoms with Gasteiger partial charge in [-0.3, -0.25) is 19.4 Å². The average molecular weight is 547 g/mol. The Morgan fingerprint density at radius 1 is 0.925 bits per heavy atom. The van der Waals surface area contributed by atoms with Crippen molar-refractivity contribution >= 4 is 23.8 Å². The molecule has 0 saturated carbocycles. The molecule has 0 aromatic heterocycles. The summed E-state index contributed by atoms with van der Waals surface area (Å²) in [7, 11) is 0. The van der Waals surface area contributed by atoms with Crippen molar-refractivity contribution in [3.63, 3.8) is 0 Å². The first-order valence-corrected chi connectivity index (χ1v) is 13.1. The Morgan fingerprint density at radius 2 is 1.57 bits per heavy atom. The number of carbonyl (C=O) groups is 3. The number of hydrogen-bond acceptors (Lipinski definition) is 6. The zero-order chi connectivity index (χ0) is 28.2. The van der Waals surface area contributed by atoms with Crippen LogP contribution in [0.1, 0.15) is 61.1 Å². The van der Waals surface area contributed by atoms with Crippen molar-refractivity contribution in [3.8, 4) is 5.75 Å². The predicted molar refractivity (Wildman–Crippen MR) is 145 cm³/mol. The first-order valence-electron chi connectivity index (χ1n) is 13.1. The van der Waals surface area contributed by atoms with Crippen LogP contribution >= 0.6 is 0 Å². The van der Waals surface area contributed by atoms with Crippen LogP contribution in [-0.2, 0) is 6.54 Å². The van der Waals surface area contributed by atoms with Crippen LogP contribution < -0.4 is 20.7 Å². The molecule has 206 valence electrons. The number of aliphatic imine (C=N–C) groups is 1. The fourth-order valence-corrected chi connectivity index (χ4v) is 4.73. The molecule has 2 aliphatic rings. The van der Waals surface area contributed by atoms with Gasteiger partial charge in [0.2, 0.25) is 0 Å². The molecule has 2 heterocycles. The van der Waals surface area contributed by atoms with Crippen molar-refractivity contribution in [1.29, 1.82) is 0 Å². The lowest BCUT2D eigenvalue weighted by atomic mass is 10.00. The molecule has 8 nitrogen and oxygen atoms in total. The molecule has 0 unspecified atom stereocenters. The SMILES string of the molecule is CCCOc1ccc(F)c(F)c1C(=O)c1ccc(C(=O)N[C@@H]2CNC[C@H]2NC(=O)c2ccc3c(c2)CN=C3)cc1. The molecular formula is C30H28F2N4O4. The molecule has 0 spiro atoms. The lowest BCUT2D eigenvalue weighted by Crippen LogP contribution is -2.51. The fourth-order valence-electron chi connectivity index (χ4n) is 4.73. The topological polar surface area (TPSA) is 109 Å². The Kier molecular flexibility index (Phi) is 7.97. The molecule has 3 aromatic carbocycles. The summed E-state index contributed by atoms with van der Waals surface area (Å²) < 4.78 is 33.9. The normalized spacial score (nSPS) is 17.4. The number of ether oxygens (including phenoxy) is 1. The highest BCUT2D eigenvalue weighted by Gasteiger charge is 2.30. The number of amides is 2. The Balaban J connectivity index is 1.24. The summed E-state index contributed by atoms with van der Waals surface area (Å²) in [4.78, 5) is 43.1. The molecule has 3 aromatic rings. The summed E-state index contributed by atoms with van der Waals surface area (Å²) in [6.45, 7) is 3.59. The van der Waals surface area contributed by atoms with Crippen molar-refractivity contribution in [1.82, 2.24) is 16.0 Å². The van der Waals surface area contributed by atoms with Crippen molar-refractivity contribution in [3.05, 3.63) is 99.6 Å². The summed E-state index contributed by atoms with van der Waals surface area (Å²) in [5.41, 5.74) is 2.39. The van der Waals surface area contributed by atoms with E-state index in [-0.39, 0.29) is 41.5 Å². The van der Waals surface area contributed by atoms with Crippen molar-refractivity contribution in [2.45, 2.75) is 32.0 Å². The zero-order valence-electron chi connectivity index (χ0n) is 21.8. The first-order chi connectivity index (χ1) is 19.4. The Morgan fingerprint density at radius 3 is 2.27 bits per heavy atom. The van der Waals surface area contributed by atoms with Crippen LogP contribution in [0.5, 0.6) is 5.75 Å². The van der Waals surface area contributed by atoms with E-state index in [9.17, 15) is 23.2 Å². The van der Waals surface area contributed by atoms with E-state index in [4.69, 9.17) is 4.74 Å². The summed E-state index contributed by atoms with van der Waals surface area (Å²) >= 11 is 0. The lowest BCUT2D eigenvalue weighted by molar-refractivity contribution is 0.0896. The summed E-state index contributed by atoms with van der Waals surface area (Å²) in [6, 6.07) is 12.5. The van der Waals surface area contributed by atoms with E-state index in [2.05, 4.69) is 20.9 Å². The monoisotopic (exact) mass is 546 g/mol. The highest BCUT2D eigenvalue weighted by molar-refractivity contribution is 6.11. The Labute approximate surface area is 229 Å². The smallest absolute Gasteiger partial charge is 0.251 e. The standard InChI is InChI=1S/C30H28F2N4O4/c1-2-11-40-25-10-9-22(31)27(32)26(25)28(37)17-3-5-18(6-4-17)29(38)35-23-15-34-16-24(23)36-30(39)19-7-8-20-13-33-14-21(20)12-19/h3-10,12-13,23-24,34H,2,11,14-16H2,1H3,(H,35,38)(H,36,39)/t23-,24-/m1/s1. The van der Waals surface area contributed by atoms with Gasteiger partial charge in [-0.15, -0.1) is 0 Å². The molecule has 2 aliphatic heterocycles. The van der Waals surface area contributed by atoms with Gasteiger partial charge in [-0.1, -0.05) is 25.1 Å². The number of carbonyl (C=O) groups excluding carboxylic acids is 3. The van der Waals surface area contributed by atoms with Crippen molar-refractivity contribution in [2.24, 2.45) is 4.99 Å². The Bertz CT molecular complexity index is 1490. The lowest BCUT2D eigenvalue weighted by Gasteiger charge is -2.21. The van der Waals surface area contributed by atoms with E-state index in [0.717, 1.165) is 17.2 Å². The molecule has 0 bridgehead atoms. The molecule has 3 N–H and O–H groups in total. The second-order valence-electron chi connectivity index (χ2n) is 9.69. The third-order valence-electron chi connectivity index (χ3n) is 6.90. The van der Waals surface area contributed by atoms with Gasteiger partial charge in [0.15, 0.2) is 17.4 Å². The number of benzene rings is 3. The van der Waals surface area contributed by atoms with E-state index in [1.807, 2.05) is 19.1 Å². The third kappa shape index (κ3) is 5.62. The molecule has 0 radical (unpaired) electrons. The number of fused-ring (bicyclic) bond motifs is 1. The molecular weight excluding hydrogens is 518 g/mol. The van der Waals surface area contributed by atoms with Crippen LogP contribution in [0.2, 0.25) is 0 Å². The van der Waals surface area contributed by atoms with Crippen LogP contribution in [0.4, 0.5) is 8.78 Å². The summed E-state index contributed by atoms with van der Waals surface area (Å²) in [5.74, 6) is -3.86. The quantitative estimate of drug-likeness (QED) is 0.357. The number of halogens is 2. The molecule has 5 rings (SSSR count). The van der Waals surface area contributed by atoms with Gasteiger partial charge in [-0.2, -0.15) is 0 Å². The second-order valence-corrected chi connectivity index (χ2v) is 9.69. The maximum Gasteiger partial charge on any atom is 0.251 e. The van der Waals surface area contributed by atoms with E-state index in [0.29, 0.717) is 31.6 Å². The maximum atomic E-state index is 14.6. The van der Waals surface area contributed by atoms with Crippen molar-refractivity contribution < 1.29 is 27.9 Å². The van der Waals surface area contributed by atoms with Gasteiger partial charge in [-0.05, 0) is 53.9 Å². The van der Waals surface area contributed by atoms with Crippen molar-refractivity contribution in [2.75, 3.05) is 19.7 Å². The van der Waals surface area contributed by atoms with Gasteiger partial charge in [0.1, 0.15) is 11.3 Å². The average Bonchev–Trinajstić information content (AvgIpc) is 3.62. The molecule has 1 fully saturated rings. The van der Waals surface area contributed by atoms with E-state index in [1.54, 1.807) is 12.3 Å². The number of rotatable bonds is 9. The van der Waals surface area contributed by atoms with Crippen LogP contribution in [0, 0.1) is 11.6 Å². The van der Waals surface area contributed by atoms with E-state index < -0.39 is 28.9 Å². The minimum atomic E-state index is -1.28. The number of nitrogens with zero attached hydrogens (tertiary/aromatic N) is 1. The predicted octanol–water partition coefficient (Wildman–Crippen LogP) is 3.42. The second kappa shape index (κ2) is 11.7. The minimum Gasteiger partial charge on any atom is -0.493 e. The number of ketones is 1. The van der Waals surface area contributed by atoms with E-state index >= 15 is 0 Å². The Hall–Kier alpha value is -4.44. The summed E-state index contributed by atoms with van der Waals surface area (Å²) in [5, 5.41) is 9.09. The molecule has 40 heavy (non-hydrogen) atoms. The van der Waals surface area contributed by atoms with E-state index in [1.165, 1.54) is 30.3 Å². The zero-order valence-corrected chi connectivity index (χ0v) is 21.8. The first kappa shape index (κ1) is 27.1. The minimum absolute atomic E-state index is 0.0392. The molecule has 1 saturated heterocycles. The molecule has 2 atom stereocenters. The van der Waals surface area contributed by atoms with Crippen LogP contribution in [0.3, 0.4) is 0 Å². The van der Waals surface area contributed by atoms with Crippen LogP contribution in [-0.4, -0.2) is 55.6 Å². The van der Waals surface area contributed by atoms with Crippen LogP contribution in [0.15, 0.2) is 59.6 Å². The highest BCUT2D eigenvalue weighted by atomic mass is 19.2. The maximum absolute atomic E-state index is 14.6. The van der Waals surface area contributed by atoms with Gasteiger partial charge in [-0.25, -0.2) is 8.78 Å². The number of nitrogens with one attached hydrogen (secondary N) is 3. The van der Waals surface area contributed by atoms with Gasteiger partial charge in [0, 0.05) is 36.0 Å². The largest absolute Gasteiger partial charge is 0.493 e. The fraction of sp³-hybridized carbons (Fsp3) is 0.267. The van der Waals surface area contributed by atoms with Gasteiger partial charge < -0.3 is 20.7 Å². The van der Waals surface area contributed by atoms with Gasteiger partial charge >= 0.3 is 0 Å². The summed E-state index contributed by atoms with van der Waals surface area (Å²) in [6.07, 6.45) is 2.41. The number of hydrogen-bond donors (Lipinski definition) is 3. The third-order valence-corrected chi connectivity index (χ3v) is 6.90. The van der Waals surface area contributed by atoms with Gasteiger partial charge in [0.05, 0.1) is 25.2 Å². The van der Waals surface area contributed by atoms with Gasteiger partial charge in [0.25, 0.3) is 11.8 Å². The highest BCUT2D eigenvalue weighted by Crippen LogP contribution is 2.27. The molecule has 0 aliphatic carbocycles. The molecule has 2 amide bonds. The molecule has 10 heteroatoms.